The van der Waals surface area contributed by atoms with E-state index in [9.17, 15) is 18.0 Å². The molecule has 0 spiro atoms. The molecular weight excluding hydrogens is 561 g/mol. The number of aromatic nitrogens is 1. The number of urea groups is 1. The molecule has 0 aliphatic heterocycles. The third-order valence-corrected chi connectivity index (χ3v) is 8.22. The average molecular weight is 573 g/mol. The monoisotopic (exact) mass is 571 g/mol. The summed E-state index contributed by atoms with van der Waals surface area (Å²) < 4.78 is 28.7. The van der Waals surface area contributed by atoms with Gasteiger partial charge in [0.05, 0.1) is 15.0 Å². The summed E-state index contributed by atoms with van der Waals surface area (Å²) in [6, 6.07) is 13.4. The SMILES string of the molecule is O=C(Nc1ccc(-n2ccc3ccc(Br)cc3c2=O)c(Cl)c1)NS(=O)(=O)c1ccc(Cl)s1. The molecule has 7 nitrogen and oxygen atoms in total. The van der Waals surface area contributed by atoms with E-state index in [1.54, 1.807) is 24.4 Å². The minimum Gasteiger partial charge on any atom is -0.307 e. The smallest absolute Gasteiger partial charge is 0.307 e. The van der Waals surface area contributed by atoms with E-state index in [4.69, 9.17) is 23.2 Å². The Kier molecular flexibility index (Phi) is 6.33. The summed E-state index contributed by atoms with van der Waals surface area (Å²) in [6.07, 6.45) is 1.61. The van der Waals surface area contributed by atoms with Gasteiger partial charge in [0, 0.05) is 21.7 Å². The molecule has 0 bridgehead atoms. The molecule has 0 saturated heterocycles. The fourth-order valence-electron chi connectivity index (χ4n) is 2.95. The average Bonchev–Trinajstić information content (AvgIpc) is 3.16. The van der Waals surface area contributed by atoms with E-state index in [2.05, 4.69) is 21.2 Å². The Bertz CT molecular complexity index is 1530. The third kappa shape index (κ3) is 4.69. The second kappa shape index (κ2) is 8.87. The van der Waals surface area contributed by atoms with Crippen molar-refractivity contribution in [3.8, 4) is 5.69 Å². The Balaban J connectivity index is 1.58. The highest BCUT2D eigenvalue weighted by molar-refractivity contribution is 9.10. The van der Waals surface area contributed by atoms with Crippen LogP contribution in [-0.2, 0) is 10.0 Å². The zero-order valence-electron chi connectivity index (χ0n) is 15.8. The van der Waals surface area contributed by atoms with Crippen molar-refractivity contribution in [1.29, 1.82) is 0 Å². The Morgan fingerprint density at radius 1 is 1.03 bits per heavy atom. The van der Waals surface area contributed by atoms with Crippen LogP contribution in [0.1, 0.15) is 0 Å². The topological polar surface area (TPSA) is 97.3 Å². The van der Waals surface area contributed by atoms with Crippen LogP contribution in [0.3, 0.4) is 0 Å². The van der Waals surface area contributed by atoms with Gasteiger partial charge >= 0.3 is 6.03 Å². The first kappa shape index (κ1) is 22.8. The molecule has 0 radical (unpaired) electrons. The van der Waals surface area contributed by atoms with Crippen LogP contribution in [0.15, 0.2) is 74.3 Å². The summed E-state index contributed by atoms with van der Waals surface area (Å²) in [5.74, 6) is 0. The van der Waals surface area contributed by atoms with Crippen LogP contribution in [0.4, 0.5) is 10.5 Å². The summed E-state index contributed by atoms with van der Waals surface area (Å²) in [5.41, 5.74) is 0.391. The lowest BCUT2D eigenvalue weighted by Crippen LogP contribution is -2.33. The van der Waals surface area contributed by atoms with Crippen molar-refractivity contribution in [2.75, 3.05) is 5.32 Å². The molecule has 4 aromatic rings. The zero-order chi connectivity index (χ0) is 23.0. The number of nitrogens with one attached hydrogen (secondary N) is 2. The summed E-state index contributed by atoms with van der Waals surface area (Å²) in [7, 11) is -4.06. The zero-order valence-corrected chi connectivity index (χ0v) is 20.5. The first-order valence-corrected chi connectivity index (χ1v) is 12.7. The van der Waals surface area contributed by atoms with E-state index >= 15 is 0 Å². The van der Waals surface area contributed by atoms with E-state index in [1.165, 1.54) is 28.8 Å². The molecular formula is C20H12BrCl2N3O4S2. The molecule has 164 valence electrons. The van der Waals surface area contributed by atoms with Gasteiger partial charge in [-0.2, -0.15) is 0 Å². The number of sulfonamides is 1. The minimum absolute atomic E-state index is 0.0895. The van der Waals surface area contributed by atoms with E-state index in [-0.39, 0.29) is 24.8 Å². The van der Waals surface area contributed by atoms with Gasteiger partial charge in [-0.25, -0.2) is 17.9 Å². The van der Waals surface area contributed by atoms with Crippen LogP contribution >= 0.6 is 50.5 Å². The maximum Gasteiger partial charge on any atom is 0.333 e. The Labute approximate surface area is 204 Å². The van der Waals surface area contributed by atoms with Gasteiger partial charge in [-0.05, 0) is 53.9 Å². The number of fused-ring (bicyclic) bond motifs is 1. The highest BCUT2D eigenvalue weighted by Crippen LogP contribution is 2.27. The number of carbonyl (C=O) groups is 1. The van der Waals surface area contributed by atoms with Crippen molar-refractivity contribution in [2.24, 2.45) is 0 Å². The van der Waals surface area contributed by atoms with E-state index in [0.29, 0.717) is 11.1 Å². The largest absolute Gasteiger partial charge is 0.333 e. The van der Waals surface area contributed by atoms with E-state index in [0.717, 1.165) is 21.2 Å². The van der Waals surface area contributed by atoms with Gasteiger partial charge in [0.1, 0.15) is 4.21 Å². The number of rotatable bonds is 4. The van der Waals surface area contributed by atoms with Crippen LogP contribution in [0.25, 0.3) is 16.5 Å². The van der Waals surface area contributed by atoms with Crippen molar-refractivity contribution in [3.63, 3.8) is 0 Å². The molecule has 0 aliphatic carbocycles. The highest BCUT2D eigenvalue weighted by atomic mass is 79.9. The van der Waals surface area contributed by atoms with E-state index in [1.807, 2.05) is 16.9 Å². The molecule has 2 amide bonds. The van der Waals surface area contributed by atoms with Crippen molar-refractivity contribution in [1.82, 2.24) is 9.29 Å². The number of thiophene rings is 1. The van der Waals surface area contributed by atoms with Crippen LogP contribution in [0, 0.1) is 0 Å². The maximum absolute atomic E-state index is 12.9. The summed E-state index contributed by atoms with van der Waals surface area (Å²) >= 11 is 16.3. The number of benzene rings is 2. The fourth-order valence-corrected chi connectivity index (χ4v) is 5.97. The second-order valence-corrected chi connectivity index (χ2v) is 11.5. The van der Waals surface area contributed by atoms with Crippen molar-refractivity contribution < 1.29 is 13.2 Å². The lowest BCUT2D eigenvalue weighted by molar-refractivity contribution is 0.256. The highest BCUT2D eigenvalue weighted by Gasteiger charge is 2.20. The number of anilines is 1. The van der Waals surface area contributed by atoms with Gasteiger partial charge in [0.15, 0.2) is 0 Å². The maximum atomic E-state index is 12.9. The van der Waals surface area contributed by atoms with Gasteiger partial charge in [-0.1, -0.05) is 45.2 Å². The van der Waals surface area contributed by atoms with Crippen LogP contribution in [0.2, 0.25) is 9.36 Å². The molecule has 0 atom stereocenters. The molecule has 0 saturated carbocycles. The Morgan fingerprint density at radius 2 is 1.81 bits per heavy atom. The van der Waals surface area contributed by atoms with Gasteiger partial charge in [-0.3, -0.25) is 9.36 Å². The van der Waals surface area contributed by atoms with Crippen LogP contribution in [0.5, 0.6) is 0 Å². The molecule has 4 rings (SSSR count). The fraction of sp³-hybridized carbons (Fsp3) is 0. The van der Waals surface area contributed by atoms with Crippen molar-refractivity contribution >= 4 is 83.0 Å². The number of pyridine rings is 1. The number of hydrogen-bond acceptors (Lipinski definition) is 5. The first-order valence-electron chi connectivity index (χ1n) is 8.84. The molecule has 0 fully saturated rings. The van der Waals surface area contributed by atoms with Crippen LogP contribution < -0.4 is 15.6 Å². The molecule has 2 N–H and O–H groups in total. The standard InChI is InChI=1S/C20H12BrCl2N3O4S2/c21-12-2-1-11-7-8-26(19(27)14(11)9-12)16-4-3-13(10-15(16)22)24-20(28)25-32(29,30)18-6-5-17(23)31-18/h1-10H,(H2,24,25,28). The number of halogens is 3. The van der Waals surface area contributed by atoms with Gasteiger partial charge in [-0.15, -0.1) is 11.3 Å². The summed E-state index contributed by atoms with van der Waals surface area (Å²) in [4.78, 5) is 25.1. The molecule has 12 heteroatoms. The van der Waals surface area contributed by atoms with Gasteiger partial charge < -0.3 is 5.32 Å². The number of amides is 2. The lowest BCUT2D eigenvalue weighted by Gasteiger charge is -2.12. The quantitative estimate of drug-likeness (QED) is 0.331. The molecule has 2 heterocycles. The Hall–Kier alpha value is -2.37. The minimum atomic E-state index is -4.06. The lowest BCUT2D eigenvalue weighted by atomic mass is 10.1. The third-order valence-electron chi connectivity index (χ3n) is 4.37. The molecule has 32 heavy (non-hydrogen) atoms. The van der Waals surface area contributed by atoms with Crippen molar-refractivity contribution in [2.45, 2.75) is 4.21 Å². The summed E-state index contributed by atoms with van der Waals surface area (Å²) in [6.45, 7) is 0. The molecule has 2 aromatic carbocycles. The molecule has 0 unspecified atom stereocenters. The number of hydrogen-bond donors (Lipinski definition) is 2. The van der Waals surface area contributed by atoms with Crippen LogP contribution in [-0.4, -0.2) is 19.0 Å². The van der Waals surface area contributed by atoms with Gasteiger partial charge in [0.25, 0.3) is 15.6 Å². The predicted molar refractivity (Wildman–Crippen MR) is 131 cm³/mol. The Morgan fingerprint density at radius 3 is 2.50 bits per heavy atom. The number of nitrogens with zero attached hydrogens (tertiary/aromatic N) is 1. The van der Waals surface area contributed by atoms with E-state index < -0.39 is 16.1 Å². The second-order valence-electron chi connectivity index (χ2n) is 6.51. The van der Waals surface area contributed by atoms with Crippen molar-refractivity contribution in [3.05, 3.63) is 85.0 Å². The first-order chi connectivity index (χ1) is 15.1. The molecule has 2 aromatic heterocycles. The summed E-state index contributed by atoms with van der Waals surface area (Å²) in [5, 5.41) is 3.90. The molecule has 0 aliphatic rings. The normalized spacial score (nSPS) is 11.5. The number of carbonyl (C=O) groups excluding carboxylic acids is 1. The van der Waals surface area contributed by atoms with Gasteiger partial charge in [0.2, 0.25) is 0 Å². The predicted octanol–water partition coefficient (Wildman–Crippen LogP) is 5.63.